The van der Waals surface area contributed by atoms with Gasteiger partial charge in [0.2, 0.25) is 0 Å². The molecule has 0 saturated carbocycles. The number of carbonyl (C=O) groups excluding carboxylic acids is 2. The van der Waals surface area contributed by atoms with Gasteiger partial charge in [-0.3, -0.25) is 9.69 Å². The number of benzene rings is 1. The Hall–Kier alpha value is -3.41. The molecule has 3 amide bonds. The summed E-state index contributed by atoms with van der Waals surface area (Å²) in [7, 11) is 1.90. The summed E-state index contributed by atoms with van der Waals surface area (Å²) in [6.07, 6.45) is 14.8. The van der Waals surface area contributed by atoms with Gasteiger partial charge >= 0.3 is 6.03 Å². The van der Waals surface area contributed by atoms with Crippen molar-refractivity contribution < 1.29 is 9.59 Å². The predicted octanol–water partition coefficient (Wildman–Crippen LogP) is 6.56. The smallest absolute Gasteiger partial charge is 0.328 e. The molecule has 2 aromatic rings. The van der Waals surface area contributed by atoms with Crippen LogP contribution in [0.3, 0.4) is 0 Å². The number of allylic oxidation sites excluding steroid dienone is 5. The second-order valence-corrected chi connectivity index (χ2v) is 10.0. The van der Waals surface area contributed by atoms with Crippen LogP contribution in [0, 0.1) is 0 Å². The average molecular weight is 489 g/mol. The summed E-state index contributed by atoms with van der Waals surface area (Å²) in [6, 6.07) is 8.92. The minimum absolute atomic E-state index is 0.134. The van der Waals surface area contributed by atoms with Crippen LogP contribution in [0.15, 0.2) is 77.8 Å². The van der Waals surface area contributed by atoms with Crippen LogP contribution in [0.1, 0.15) is 71.1 Å². The number of amides is 3. The molecule has 1 fully saturated rings. The number of hydrogen-bond acceptors (Lipinski definition) is 3. The van der Waals surface area contributed by atoms with Crippen LogP contribution in [0.25, 0.3) is 0 Å². The Morgan fingerprint density at radius 2 is 1.58 bits per heavy atom. The van der Waals surface area contributed by atoms with Crippen LogP contribution >= 0.6 is 0 Å². The number of urea groups is 1. The maximum absolute atomic E-state index is 13.4. The summed E-state index contributed by atoms with van der Waals surface area (Å²) in [5.41, 5.74) is 5.86. The molecular weight excluding hydrogens is 448 g/mol. The molecule has 1 aliphatic heterocycles. The Bertz CT molecular complexity index is 1120. The van der Waals surface area contributed by atoms with E-state index in [1.54, 1.807) is 17.4 Å². The Labute approximate surface area is 216 Å². The van der Waals surface area contributed by atoms with Gasteiger partial charge in [0.05, 0.1) is 25.1 Å². The fourth-order valence-electron chi connectivity index (χ4n) is 4.38. The average Bonchev–Trinajstić information content (AvgIpc) is 3.34. The first-order valence-electron chi connectivity index (χ1n) is 12.8. The maximum atomic E-state index is 13.4. The topological polar surface area (TPSA) is 58.4 Å². The molecule has 1 aromatic heterocycles. The molecule has 36 heavy (non-hydrogen) atoms. The van der Waals surface area contributed by atoms with Gasteiger partial charge in [0, 0.05) is 13.2 Å². The second-order valence-electron chi connectivity index (χ2n) is 10.0. The van der Waals surface area contributed by atoms with Crippen molar-refractivity contribution in [2.45, 2.75) is 78.9 Å². The van der Waals surface area contributed by atoms with E-state index in [2.05, 4.69) is 50.9 Å². The van der Waals surface area contributed by atoms with Gasteiger partial charge in [-0.05, 0) is 65.4 Å². The molecule has 1 aromatic carbocycles. The maximum Gasteiger partial charge on any atom is 0.328 e. The largest absolute Gasteiger partial charge is 0.336 e. The molecule has 0 N–H and O–H groups in total. The lowest BCUT2D eigenvalue weighted by molar-refractivity contribution is -0.128. The van der Waals surface area contributed by atoms with E-state index in [1.165, 1.54) is 21.6 Å². The summed E-state index contributed by atoms with van der Waals surface area (Å²) in [5, 5.41) is 0. The third-order valence-corrected chi connectivity index (χ3v) is 6.65. The van der Waals surface area contributed by atoms with E-state index in [1.807, 2.05) is 41.9 Å². The van der Waals surface area contributed by atoms with E-state index in [9.17, 15) is 9.59 Å². The van der Waals surface area contributed by atoms with Crippen LogP contribution in [0.2, 0.25) is 0 Å². The van der Waals surface area contributed by atoms with Crippen molar-refractivity contribution >= 4 is 11.9 Å². The third kappa shape index (κ3) is 7.54. The Balaban J connectivity index is 1.67. The summed E-state index contributed by atoms with van der Waals surface area (Å²) in [5.74, 6) is -0.134. The zero-order chi connectivity index (χ0) is 26.1. The lowest BCUT2D eigenvalue weighted by Gasteiger charge is -2.21. The van der Waals surface area contributed by atoms with Crippen molar-refractivity contribution in [2.24, 2.45) is 7.05 Å². The molecule has 192 valence electrons. The van der Waals surface area contributed by atoms with Gasteiger partial charge in [-0.15, -0.1) is 0 Å². The van der Waals surface area contributed by atoms with Crippen LogP contribution < -0.4 is 0 Å². The molecule has 0 aliphatic carbocycles. The number of aromatic nitrogens is 2. The van der Waals surface area contributed by atoms with E-state index in [-0.39, 0.29) is 18.5 Å². The fraction of sp³-hybridized carbons (Fsp3) is 0.433. The van der Waals surface area contributed by atoms with Crippen LogP contribution in [-0.4, -0.2) is 37.3 Å². The van der Waals surface area contributed by atoms with Crippen molar-refractivity contribution in [3.05, 3.63) is 89.1 Å². The zero-order valence-corrected chi connectivity index (χ0v) is 22.4. The van der Waals surface area contributed by atoms with Gasteiger partial charge in [0.15, 0.2) is 0 Å². The molecule has 0 spiro atoms. The fourth-order valence-corrected chi connectivity index (χ4v) is 4.38. The monoisotopic (exact) mass is 488 g/mol. The van der Waals surface area contributed by atoms with E-state index in [0.29, 0.717) is 13.0 Å². The first-order chi connectivity index (χ1) is 17.3. The first kappa shape index (κ1) is 27.2. The molecule has 3 rings (SSSR count). The van der Waals surface area contributed by atoms with Gasteiger partial charge in [0.1, 0.15) is 6.04 Å². The zero-order valence-electron chi connectivity index (χ0n) is 22.4. The normalized spacial score (nSPS) is 16.8. The summed E-state index contributed by atoms with van der Waals surface area (Å²) in [6.45, 7) is 9.22. The van der Waals surface area contributed by atoms with Gasteiger partial charge < -0.3 is 9.47 Å². The van der Waals surface area contributed by atoms with E-state index in [0.717, 1.165) is 36.9 Å². The van der Waals surface area contributed by atoms with Gasteiger partial charge in [-0.1, -0.05) is 65.3 Å². The number of carbonyl (C=O) groups is 2. The number of rotatable bonds is 12. The predicted molar refractivity (Wildman–Crippen MR) is 145 cm³/mol. The van der Waals surface area contributed by atoms with Gasteiger partial charge in [-0.25, -0.2) is 9.78 Å². The number of nitrogens with zero attached hydrogens (tertiary/aromatic N) is 4. The molecule has 1 saturated heterocycles. The quantitative estimate of drug-likeness (QED) is 0.251. The highest BCUT2D eigenvalue weighted by molar-refractivity contribution is 6.04. The molecule has 0 radical (unpaired) electrons. The SMILES string of the molecule is CC(C)=CCC/C(C)=C/CC/C(C)=C/CC1C(=O)N(Cc2ccccc2)C(=O)N1Cc1cncn1C. The lowest BCUT2D eigenvalue weighted by Crippen LogP contribution is -2.35. The molecule has 6 heteroatoms. The number of imidazole rings is 1. The highest BCUT2D eigenvalue weighted by atomic mass is 16.2. The molecule has 2 heterocycles. The van der Waals surface area contributed by atoms with Crippen molar-refractivity contribution in [2.75, 3.05) is 0 Å². The summed E-state index contributed by atoms with van der Waals surface area (Å²) in [4.78, 5) is 34.0. The minimum atomic E-state index is -0.507. The second kappa shape index (κ2) is 13.1. The molecular formula is C30H40N4O2. The van der Waals surface area contributed by atoms with Gasteiger partial charge in [-0.2, -0.15) is 0 Å². The number of aryl methyl sites for hydroxylation is 1. The summed E-state index contributed by atoms with van der Waals surface area (Å²) >= 11 is 0. The first-order valence-corrected chi connectivity index (χ1v) is 12.8. The van der Waals surface area contributed by atoms with E-state index in [4.69, 9.17) is 0 Å². The van der Waals surface area contributed by atoms with Crippen molar-refractivity contribution in [3.8, 4) is 0 Å². The highest BCUT2D eigenvalue weighted by Gasteiger charge is 2.44. The molecule has 1 atom stereocenters. The lowest BCUT2D eigenvalue weighted by atomic mass is 10.0. The Kier molecular flexibility index (Phi) is 9.86. The van der Waals surface area contributed by atoms with Crippen molar-refractivity contribution in [3.63, 3.8) is 0 Å². The van der Waals surface area contributed by atoms with Crippen molar-refractivity contribution in [1.82, 2.24) is 19.4 Å². The Morgan fingerprint density at radius 3 is 2.22 bits per heavy atom. The Morgan fingerprint density at radius 1 is 0.917 bits per heavy atom. The molecule has 1 aliphatic rings. The van der Waals surface area contributed by atoms with E-state index >= 15 is 0 Å². The molecule has 6 nitrogen and oxygen atoms in total. The number of hydrogen-bond donors (Lipinski definition) is 0. The van der Waals surface area contributed by atoms with Crippen LogP contribution in [0.4, 0.5) is 4.79 Å². The summed E-state index contributed by atoms with van der Waals surface area (Å²) < 4.78 is 1.89. The number of imide groups is 1. The van der Waals surface area contributed by atoms with E-state index < -0.39 is 6.04 Å². The minimum Gasteiger partial charge on any atom is -0.336 e. The van der Waals surface area contributed by atoms with Crippen molar-refractivity contribution in [1.29, 1.82) is 0 Å². The molecule has 0 bridgehead atoms. The standard InChI is InChI=1S/C30H40N4O2/c1-23(2)11-9-12-24(3)13-10-14-25(4)17-18-28-29(35)34(20-26-15-7-6-8-16-26)30(36)33(28)21-27-19-31-22-32(27)5/h6-8,11,13,15-17,19,22,28H,9-10,12,14,18,20-21H2,1-5H3/b24-13+,25-17+. The third-order valence-electron chi connectivity index (χ3n) is 6.65. The van der Waals surface area contributed by atoms with Crippen LogP contribution in [-0.2, 0) is 24.9 Å². The highest BCUT2D eigenvalue weighted by Crippen LogP contribution is 2.26. The molecule has 1 unspecified atom stereocenters. The van der Waals surface area contributed by atoms with Crippen LogP contribution in [0.5, 0.6) is 0 Å². The van der Waals surface area contributed by atoms with Gasteiger partial charge in [0.25, 0.3) is 5.91 Å².